The summed E-state index contributed by atoms with van der Waals surface area (Å²) in [5.74, 6) is -2.03. The maximum absolute atomic E-state index is 14.6. The first-order chi connectivity index (χ1) is 26.4. The van der Waals surface area contributed by atoms with Gasteiger partial charge in [0.1, 0.15) is 42.7 Å². The summed E-state index contributed by atoms with van der Waals surface area (Å²) in [4.78, 5) is 26.4. The van der Waals surface area contributed by atoms with Crippen LogP contribution in [0.15, 0.2) is 11.6 Å². The highest BCUT2D eigenvalue weighted by atomic mass is 16.7. The molecule has 0 aromatic carbocycles. The van der Waals surface area contributed by atoms with E-state index in [1.165, 1.54) is 5.57 Å². The van der Waals surface area contributed by atoms with E-state index in [4.69, 9.17) is 18.9 Å². The molecule has 57 heavy (non-hydrogen) atoms. The lowest BCUT2D eigenvalue weighted by atomic mass is 9.33. The van der Waals surface area contributed by atoms with Crippen LogP contribution in [0.2, 0.25) is 0 Å². The number of aliphatic carboxylic acids is 1. The number of allylic oxidation sites excluding steroid dienone is 2. The van der Waals surface area contributed by atoms with Gasteiger partial charge >= 0.3 is 11.9 Å². The molecule has 7 aliphatic rings. The van der Waals surface area contributed by atoms with Crippen molar-refractivity contribution in [2.45, 2.75) is 180 Å². The van der Waals surface area contributed by atoms with E-state index in [0.717, 1.165) is 25.7 Å². The van der Waals surface area contributed by atoms with Crippen molar-refractivity contribution in [1.82, 2.24) is 0 Å². The first-order valence-electron chi connectivity index (χ1n) is 20.9. The molecule has 15 heteroatoms. The molecule has 5 aliphatic carbocycles. The fraction of sp³-hybridized carbons (Fsp3) is 0.905. The molecule has 4 saturated carbocycles. The topological polar surface area (TPSA) is 253 Å². The van der Waals surface area contributed by atoms with Gasteiger partial charge in [0.05, 0.1) is 24.2 Å². The van der Waals surface area contributed by atoms with E-state index in [1.807, 2.05) is 13.8 Å². The summed E-state index contributed by atoms with van der Waals surface area (Å²) in [5, 5.41) is 94.4. The van der Waals surface area contributed by atoms with Gasteiger partial charge in [0.15, 0.2) is 12.4 Å². The zero-order valence-corrected chi connectivity index (χ0v) is 34.3. The van der Waals surface area contributed by atoms with Gasteiger partial charge in [0.25, 0.3) is 0 Å². The Balaban J connectivity index is 1.17. The molecule has 15 nitrogen and oxygen atoms in total. The van der Waals surface area contributed by atoms with Crippen molar-refractivity contribution >= 4 is 11.9 Å². The standard InChI is InChI=1S/C42H66O15/c1-37(2)12-14-42(36(53)57-34-29(49)26(46)25(45)22(18-43)54-34)15-13-40(6)19(20(42)16-37)8-9-24-39(5)17-21(44)32(38(3,4)23(39)10-11-41(24,40)7)56-35-30(50)27(47)28(48)31(55-35)33(51)52/h8,20-32,34-35,43-50H,9-18H2,1-7H3,(H,51,52). The summed E-state index contributed by atoms with van der Waals surface area (Å²) in [7, 11) is 0. The normalized spacial score (nSPS) is 52.9. The van der Waals surface area contributed by atoms with Crippen LogP contribution in [-0.2, 0) is 28.5 Å². The van der Waals surface area contributed by atoms with Crippen LogP contribution in [0.1, 0.15) is 106 Å². The average Bonchev–Trinajstić information content (AvgIpc) is 3.13. The first-order valence-corrected chi connectivity index (χ1v) is 20.9. The van der Waals surface area contributed by atoms with Crippen molar-refractivity contribution in [3.8, 4) is 0 Å². The van der Waals surface area contributed by atoms with E-state index in [1.54, 1.807) is 0 Å². The highest BCUT2D eigenvalue weighted by molar-refractivity contribution is 5.79. The summed E-state index contributed by atoms with van der Waals surface area (Å²) in [5.41, 5.74) is -1.37. The Hall–Kier alpha value is -1.76. The number of carboxylic acid groups (broad SMARTS) is 1. The van der Waals surface area contributed by atoms with Gasteiger partial charge in [-0.2, -0.15) is 0 Å². The molecule has 2 heterocycles. The zero-order chi connectivity index (χ0) is 42.0. The Morgan fingerprint density at radius 1 is 0.754 bits per heavy atom. The van der Waals surface area contributed by atoms with Gasteiger partial charge in [0, 0.05) is 0 Å². The van der Waals surface area contributed by atoms with E-state index < -0.39 is 103 Å². The summed E-state index contributed by atoms with van der Waals surface area (Å²) in [6.07, 6.45) is -10.0. The molecule has 0 aromatic heterocycles. The third kappa shape index (κ3) is 6.39. The number of carboxylic acids is 1. The summed E-state index contributed by atoms with van der Waals surface area (Å²) >= 11 is 0. The first kappa shape index (κ1) is 43.3. The predicted octanol–water partition coefficient (Wildman–Crippen LogP) is 1.38. The summed E-state index contributed by atoms with van der Waals surface area (Å²) in [6.45, 7) is 14.8. The fourth-order valence-electron chi connectivity index (χ4n) is 13.7. The van der Waals surface area contributed by atoms with Gasteiger partial charge < -0.3 is 64.9 Å². The number of hydrogen-bond donors (Lipinski definition) is 9. The molecule has 0 radical (unpaired) electrons. The van der Waals surface area contributed by atoms with Crippen LogP contribution in [0.4, 0.5) is 0 Å². The number of fused-ring (bicyclic) bond motifs is 7. The van der Waals surface area contributed by atoms with Crippen LogP contribution < -0.4 is 0 Å². The number of hydrogen-bond acceptors (Lipinski definition) is 14. The lowest BCUT2D eigenvalue weighted by molar-refractivity contribution is -0.336. The van der Waals surface area contributed by atoms with E-state index in [-0.39, 0.29) is 39.4 Å². The number of esters is 1. The number of rotatable bonds is 6. The Labute approximate surface area is 334 Å². The Bertz CT molecular complexity index is 1600. The predicted molar refractivity (Wildman–Crippen MR) is 199 cm³/mol. The lowest BCUT2D eigenvalue weighted by Crippen LogP contribution is -2.68. The molecule has 19 unspecified atom stereocenters. The van der Waals surface area contributed by atoms with E-state index in [9.17, 15) is 55.5 Å². The molecule has 2 aliphatic heterocycles. The molecule has 0 aromatic rings. The van der Waals surface area contributed by atoms with Gasteiger partial charge in [-0.1, -0.05) is 60.1 Å². The largest absolute Gasteiger partial charge is 0.479 e. The van der Waals surface area contributed by atoms with E-state index in [0.29, 0.717) is 32.1 Å². The molecule has 6 fully saturated rings. The highest BCUT2D eigenvalue weighted by Gasteiger charge is 2.71. The SMILES string of the molecule is CC1(C)CCC2(C(=O)OC3OC(CO)C(O)C(O)C3O)CCC3(C)C(=CCC4C5(C)CC(O)C(OC6OC(C(=O)O)C(O)C(O)C6O)C(C)(C)C5CCC43C)C2C1. The van der Waals surface area contributed by atoms with E-state index in [2.05, 4.69) is 40.7 Å². The third-order valence-corrected chi connectivity index (χ3v) is 17.1. The van der Waals surface area contributed by atoms with Crippen LogP contribution in [0.3, 0.4) is 0 Å². The molecule has 2 saturated heterocycles. The van der Waals surface area contributed by atoms with Gasteiger partial charge in [-0.05, 0) is 103 Å². The lowest BCUT2D eigenvalue weighted by Gasteiger charge is -2.71. The maximum Gasteiger partial charge on any atom is 0.335 e. The monoisotopic (exact) mass is 810 g/mol. The quantitative estimate of drug-likeness (QED) is 0.104. The molecule has 7 rings (SSSR count). The minimum Gasteiger partial charge on any atom is -0.479 e. The number of ether oxygens (including phenoxy) is 4. The van der Waals surface area contributed by atoms with Gasteiger partial charge in [-0.3, -0.25) is 4.79 Å². The Morgan fingerprint density at radius 3 is 2.04 bits per heavy atom. The average molecular weight is 811 g/mol. The van der Waals surface area contributed by atoms with Gasteiger partial charge in [0.2, 0.25) is 6.29 Å². The highest BCUT2D eigenvalue weighted by Crippen LogP contribution is 2.76. The van der Waals surface area contributed by atoms with Crippen molar-refractivity contribution < 1.29 is 74.5 Å². The fourth-order valence-corrected chi connectivity index (χ4v) is 13.7. The molecule has 19 atom stereocenters. The number of aliphatic hydroxyl groups is 8. The molecular weight excluding hydrogens is 744 g/mol. The van der Waals surface area contributed by atoms with Crippen molar-refractivity contribution in [2.75, 3.05) is 6.61 Å². The second kappa shape index (κ2) is 14.4. The van der Waals surface area contributed by atoms with Crippen molar-refractivity contribution in [3.05, 3.63) is 11.6 Å². The van der Waals surface area contributed by atoms with Crippen LogP contribution in [0.5, 0.6) is 0 Å². The summed E-state index contributed by atoms with van der Waals surface area (Å²) < 4.78 is 23.3. The second-order valence-electron chi connectivity index (χ2n) is 20.9. The van der Waals surface area contributed by atoms with Crippen LogP contribution >= 0.6 is 0 Å². The number of carbonyl (C=O) groups excluding carboxylic acids is 1. The zero-order valence-electron chi connectivity index (χ0n) is 34.3. The minimum absolute atomic E-state index is 0.0337. The molecule has 9 N–H and O–H groups in total. The maximum atomic E-state index is 14.6. The Morgan fingerprint density at radius 2 is 1.39 bits per heavy atom. The smallest absolute Gasteiger partial charge is 0.335 e. The van der Waals surface area contributed by atoms with Crippen molar-refractivity contribution in [1.29, 1.82) is 0 Å². The van der Waals surface area contributed by atoms with Gasteiger partial charge in [-0.25, -0.2) is 4.79 Å². The van der Waals surface area contributed by atoms with Crippen LogP contribution in [0, 0.1) is 50.2 Å². The molecule has 0 spiro atoms. The summed E-state index contributed by atoms with van der Waals surface area (Å²) in [6, 6.07) is 0. The molecule has 0 bridgehead atoms. The molecule has 324 valence electrons. The molecular formula is C42H66O15. The minimum atomic E-state index is -1.86. The number of carbonyl (C=O) groups is 2. The second-order valence-corrected chi connectivity index (χ2v) is 20.9. The van der Waals surface area contributed by atoms with Crippen molar-refractivity contribution in [2.24, 2.45) is 50.2 Å². The van der Waals surface area contributed by atoms with Crippen LogP contribution in [0.25, 0.3) is 0 Å². The molecule has 0 amide bonds. The Kier molecular flexibility index (Phi) is 11.0. The van der Waals surface area contributed by atoms with E-state index >= 15 is 0 Å². The van der Waals surface area contributed by atoms with Crippen molar-refractivity contribution in [3.63, 3.8) is 0 Å². The third-order valence-electron chi connectivity index (χ3n) is 17.1. The van der Waals surface area contributed by atoms with Gasteiger partial charge in [-0.15, -0.1) is 0 Å². The van der Waals surface area contributed by atoms with Crippen LogP contribution in [-0.4, -0.2) is 138 Å². The number of aliphatic hydroxyl groups excluding tert-OH is 8.